The number of hydrogen-bond donors (Lipinski definition) is 0. The van der Waals surface area contributed by atoms with Gasteiger partial charge in [0.05, 0.1) is 12.9 Å². The number of halogens is 3. The fraction of sp³-hybridized carbons (Fsp3) is 0.250. The molecular formula is C8H7ClF2O3S. The molecule has 0 aliphatic heterocycles. The fourth-order valence-corrected chi connectivity index (χ4v) is 2.03. The van der Waals surface area contributed by atoms with E-state index in [-0.39, 0.29) is 11.3 Å². The van der Waals surface area contributed by atoms with Crippen LogP contribution in [0.25, 0.3) is 0 Å². The summed E-state index contributed by atoms with van der Waals surface area (Å²) in [6, 6.07) is 1.46. The van der Waals surface area contributed by atoms with Gasteiger partial charge in [0.15, 0.2) is 0 Å². The lowest BCUT2D eigenvalue weighted by molar-refractivity contribution is 0.401. The highest BCUT2D eigenvalue weighted by Gasteiger charge is 2.17. The molecule has 0 amide bonds. The Labute approximate surface area is 90.0 Å². The minimum atomic E-state index is -3.92. The molecular weight excluding hydrogens is 250 g/mol. The smallest absolute Gasteiger partial charge is 0.237 e. The van der Waals surface area contributed by atoms with Gasteiger partial charge in [0.1, 0.15) is 17.4 Å². The van der Waals surface area contributed by atoms with Crippen LogP contribution in [0.4, 0.5) is 8.78 Å². The van der Waals surface area contributed by atoms with Gasteiger partial charge in [-0.05, 0) is 0 Å². The number of benzene rings is 1. The Hall–Kier alpha value is -0.880. The van der Waals surface area contributed by atoms with Crippen molar-refractivity contribution in [3.8, 4) is 5.75 Å². The second kappa shape index (κ2) is 4.32. The molecule has 1 aromatic rings. The monoisotopic (exact) mass is 256 g/mol. The highest BCUT2D eigenvalue weighted by atomic mass is 35.7. The topological polar surface area (TPSA) is 43.4 Å². The predicted octanol–water partition coefficient (Wildman–Crippen LogP) is 2.04. The van der Waals surface area contributed by atoms with Crippen molar-refractivity contribution in [2.45, 2.75) is 5.75 Å². The van der Waals surface area contributed by atoms with Crippen molar-refractivity contribution in [3.05, 3.63) is 29.3 Å². The third-order valence-corrected chi connectivity index (χ3v) is 2.62. The largest absolute Gasteiger partial charge is 0.496 e. The Balaban J connectivity index is 3.27. The van der Waals surface area contributed by atoms with Gasteiger partial charge in [-0.1, -0.05) is 0 Å². The maximum absolute atomic E-state index is 13.2. The Morgan fingerprint density at radius 3 is 2.47 bits per heavy atom. The first-order chi connectivity index (χ1) is 6.83. The Morgan fingerprint density at radius 2 is 2.00 bits per heavy atom. The van der Waals surface area contributed by atoms with Crippen LogP contribution < -0.4 is 4.74 Å². The Bertz CT molecular complexity index is 473. The maximum atomic E-state index is 13.2. The lowest BCUT2D eigenvalue weighted by Crippen LogP contribution is -2.02. The average molecular weight is 257 g/mol. The highest BCUT2D eigenvalue weighted by Crippen LogP contribution is 2.26. The van der Waals surface area contributed by atoms with Crippen molar-refractivity contribution >= 4 is 19.7 Å². The molecule has 1 rings (SSSR count). The Kier molecular flexibility index (Phi) is 3.51. The first kappa shape index (κ1) is 12.2. The zero-order valence-corrected chi connectivity index (χ0v) is 9.20. The zero-order valence-electron chi connectivity index (χ0n) is 7.63. The highest BCUT2D eigenvalue weighted by molar-refractivity contribution is 8.13. The van der Waals surface area contributed by atoms with Gasteiger partial charge in [0, 0.05) is 28.4 Å². The lowest BCUT2D eigenvalue weighted by atomic mass is 10.2. The van der Waals surface area contributed by atoms with Crippen LogP contribution in [-0.2, 0) is 14.8 Å². The summed E-state index contributed by atoms with van der Waals surface area (Å²) in [7, 11) is 2.23. The molecule has 0 aliphatic rings. The molecule has 0 aliphatic carbocycles. The van der Waals surface area contributed by atoms with Crippen molar-refractivity contribution in [2.75, 3.05) is 7.11 Å². The number of ether oxygens (including phenoxy) is 1. The van der Waals surface area contributed by atoms with E-state index < -0.39 is 26.4 Å². The molecule has 0 saturated carbocycles. The minimum absolute atomic E-state index is 0.184. The Morgan fingerprint density at radius 1 is 1.40 bits per heavy atom. The third kappa shape index (κ3) is 3.32. The average Bonchev–Trinajstić information content (AvgIpc) is 2.07. The maximum Gasteiger partial charge on any atom is 0.237 e. The molecule has 0 radical (unpaired) electrons. The van der Waals surface area contributed by atoms with Crippen LogP contribution in [0.15, 0.2) is 12.1 Å². The molecule has 0 bridgehead atoms. The molecule has 0 fully saturated rings. The van der Waals surface area contributed by atoms with Crippen molar-refractivity contribution in [1.29, 1.82) is 0 Å². The molecule has 7 heteroatoms. The van der Waals surface area contributed by atoms with Crippen molar-refractivity contribution < 1.29 is 21.9 Å². The summed E-state index contributed by atoms with van der Waals surface area (Å²) in [6.07, 6.45) is 0. The van der Waals surface area contributed by atoms with E-state index >= 15 is 0 Å². The summed E-state index contributed by atoms with van der Waals surface area (Å²) < 4.78 is 52.1. The van der Waals surface area contributed by atoms with Gasteiger partial charge in [0.2, 0.25) is 9.05 Å². The lowest BCUT2D eigenvalue weighted by Gasteiger charge is -2.07. The van der Waals surface area contributed by atoms with Crippen molar-refractivity contribution in [3.63, 3.8) is 0 Å². The van der Waals surface area contributed by atoms with E-state index in [1.165, 1.54) is 7.11 Å². The van der Waals surface area contributed by atoms with E-state index in [0.717, 1.165) is 6.07 Å². The second-order valence-corrected chi connectivity index (χ2v) is 5.53. The van der Waals surface area contributed by atoms with Crippen molar-refractivity contribution in [2.24, 2.45) is 0 Å². The van der Waals surface area contributed by atoms with E-state index in [0.29, 0.717) is 6.07 Å². The first-order valence-electron chi connectivity index (χ1n) is 3.77. The van der Waals surface area contributed by atoms with E-state index in [1.807, 2.05) is 0 Å². The van der Waals surface area contributed by atoms with Crippen molar-refractivity contribution in [1.82, 2.24) is 0 Å². The summed E-state index contributed by atoms with van der Waals surface area (Å²) in [5.74, 6) is -2.78. The van der Waals surface area contributed by atoms with E-state index in [4.69, 9.17) is 10.7 Å². The minimum Gasteiger partial charge on any atom is -0.496 e. The number of methoxy groups -OCH3 is 1. The zero-order chi connectivity index (χ0) is 11.6. The van der Waals surface area contributed by atoms with Crippen LogP contribution in [0, 0.1) is 11.6 Å². The molecule has 0 heterocycles. The van der Waals surface area contributed by atoms with Gasteiger partial charge in [-0.15, -0.1) is 0 Å². The number of rotatable bonds is 3. The summed E-state index contributed by atoms with van der Waals surface area (Å²) >= 11 is 0. The molecule has 0 saturated heterocycles. The fourth-order valence-electron chi connectivity index (χ4n) is 1.07. The second-order valence-electron chi connectivity index (χ2n) is 2.75. The number of hydrogen-bond acceptors (Lipinski definition) is 3. The molecule has 84 valence electrons. The van der Waals surface area contributed by atoms with Gasteiger partial charge in [-0.2, -0.15) is 0 Å². The van der Waals surface area contributed by atoms with Gasteiger partial charge in [-0.25, -0.2) is 17.2 Å². The van der Waals surface area contributed by atoms with Crippen LogP contribution in [-0.4, -0.2) is 15.5 Å². The van der Waals surface area contributed by atoms with E-state index in [1.54, 1.807) is 0 Å². The normalized spacial score (nSPS) is 11.5. The summed E-state index contributed by atoms with van der Waals surface area (Å²) in [4.78, 5) is 0. The molecule has 0 N–H and O–H groups in total. The molecule has 15 heavy (non-hydrogen) atoms. The van der Waals surface area contributed by atoms with Crippen LogP contribution in [0.1, 0.15) is 5.56 Å². The summed E-state index contributed by atoms with van der Waals surface area (Å²) in [5.41, 5.74) is -0.283. The van der Waals surface area contributed by atoms with Gasteiger partial charge < -0.3 is 4.74 Å². The molecule has 1 aromatic carbocycles. The molecule has 0 unspecified atom stereocenters. The molecule has 0 atom stereocenters. The summed E-state index contributed by atoms with van der Waals surface area (Å²) in [5, 5.41) is 0. The van der Waals surface area contributed by atoms with Gasteiger partial charge in [0.25, 0.3) is 0 Å². The molecule has 0 aromatic heterocycles. The van der Waals surface area contributed by atoms with Gasteiger partial charge in [-0.3, -0.25) is 0 Å². The molecule has 3 nitrogen and oxygen atoms in total. The van der Waals surface area contributed by atoms with E-state index in [2.05, 4.69) is 4.74 Å². The SMILES string of the molecule is COc1cc(F)cc(F)c1CS(=O)(=O)Cl. The molecule has 0 spiro atoms. The van der Waals surface area contributed by atoms with E-state index in [9.17, 15) is 17.2 Å². The van der Waals surface area contributed by atoms with Crippen LogP contribution in [0.3, 0.4) is 0 Å². The van der Waals surface area contributed by atoms with Crippen LogP contribution in [0.5, 0.6) is 5.75 Å². The quantitative estimate of drug-likeness (QED) is 0.778. The standard InChI is InChI=1S/C8H7ClF2O3S/c1-14-8-3-5(10)2-7(11)6(8)4-15(9,12)13/h2-3H,4H2,1H3. The third-order valence-electron chi connectivity index (χ3n) is 1.66. The predicted molar refractivity (Wildman–Crippen MR) is 51.4 cm³/mol. The summed E-state index contributed by atoms with van der Waals surface area (Å²) in [6.45, 7) is 0. The van der Waals surface area contributed by atoms with Crippen LogP contribution in [0.2, 0.25) is 0 Å². The van der Waals surface area contributed by atoms with Crippen LogP contribution >= 0.6 is 10.7 Å². The van der Waals surface area contributed by atoms with Gasteiger partial charge >= 0.3 is 0 Å². The first-order valence-corrected chi connectivity index (χ1v) is 6.25.